The van der Waals surface area contributed by atoms with Gasteiger partial charge in [-0.15, -0.1) is 10.2 Å². The van der Waals surface area contributed by atoms with Crippen molar-refractivity contribution in [2.75, 3.05) is 11.9 Å². The maximum absolute atomic E-state index is 13.2. The Labute approximate surface area is 158 Å². The molecular weight excluding hydrogens is 370 g/mol. The first kappa shape index (κ1) is 19.2. The van der Waals surface area contributed by atoms with Crippen LogP contribution >= 0.6 is 0 Å². The maximum atomic E-state index is 13.2. The van der Waals surface area contributed by atoms with Gasteiger partial charge in [-0.25, -0.2) is 13.8 Å². The Morgan fingerprint density at radius 3 is 2.71 bits per heavy atom. The second-order valence-electron chi connectivity index (χ2n) is 5.55. The second kappa shape index (κ2) is 7.98. The van der Waals surface area contributed by atoms with Crippen molar-refractivity contribution in [2.45, 2.75) is 26.7 Å². The molecule has 0 saturated heterocycles. The average molecular weight is 388 g/mol. The summed E-state index contributed by atoms with van der Waals surface area (Å²) in [5, 5.41) is 18.3. The monoisotopic (exact) mass is 388 g/mol. The molecule has 0 saturated carbocycles. The van der Waals surface area contributed by atoms with Gasteiger partial charge in [0.05, 0.1) is 19.1 Å². The van der Waals surface area contributed by atoms with Crippen LogP contribution in [0, 0.1) is 0 Å². The van der Waals surface area contributed by atoms with E-state index in [4.69, 9.17) is 0 Å². The lowest BCUT2D eigenvalue weighted by Crippen LogP contribution is -2.23. The minimum absolute atomic E-state index is 0.133. The molecule has 4 aromatic rings. The Balaban J connectivity index is 0.00000109. The number of imidazole rings is 1. The predicted octanol–water partition coefficient (Wildman–Crippen LogP) is 2.48. The summed E-state index contributed by atoms with van der Waals surface area (Å²) in [6.07, 6.45) is 4.52. The zero-order valence-electron chi connectivity index (χ0n) is 15.4. The molecule has 10 nitrogen and oxygen atoms in total. The van der Waals surface area contributed by atoms with Gasteiger partial charge < -0.3 is 10.3 Å². The summed E-state index contributed by atoms with van der Waals surface area (Å²) in [6.45, 7) is 4.23. The summed E-state index contributed by atoms with van der Waals surface area (Å²) >= 11 is 0. The SMILES string of the molecule is CC.CC(F)(F)CNc1nc(-n2cc(-c3cccnn3)nn2)nc2nc[nH]c12. The number of aromatic nitrogens is 9. The van der Waals surface area contributed by atoms with Crippen LogP contribution in [-0.4, -0.2) is 57.6 Å². The lowest BCUT2D eigenvalue weighted by Gasteiger charge is -2.12. The quantitative estimate of drug-likeness (QED) is 0.534. The molecule has 0 bridgehead atoms. The first-order valence-corrected chi connectivity index (χ1v) is 8.53. The van der Waals surface area contributed by atoms with Gasteiger partial charge >= 0.3 is 0 Å². The fraction of sp³-hybridized carbons (Fsp3) is 0.312. The molecule has 0 aliphatic heterocycles. The van der Waals surface area contributed by atoms with Crippen LogP contribution in [0.25, 0.3) is 28.5 Å². The third-order valence-corrected chi connectivity index (χ3v) is 3.37. The van der Waals surface area contributed by atoms with Gasteiger partial charge in [0.1, 0.15) is 16.9 Å². The van der Waals surface area contributed by atoms with E-state index < -0.39 is 12.5 Å². The number of nitrogens with zero attached hydrogens (tertiary/aromatic N) is 8. The van der Waals surface area contributed by atoms with Gasteiger partial charge in [-0.2, -0.15) is 19.7 Å². The van der Waals surface area contributed by atoms with Gasteiger partial charge in [0.2, 0.25) is 0 Å². The Morgan fingerprint density at radius 1 is 1.18 bits per heavy atom. The molecule has 0 amide bonds. The average Bonchev–Trinajstić information content (AvgIpc) is 3.37. The summed E-state index contributed by atoms with van der Waals surface area (Å²) in [7, 11) is 0. The standard InChI is InChI=1S/C14H12F2N10.C2H6/c1-14(15,16)6-17-11-10-12(19-7-18-10)22-13(21-11)26-5-9(24-25-26)8-3-2-4-20-23-8;1-2/h2-5,7H,6H2,1H3,(H2,17,18,19,21,22);1-2H3. The van der Waals surface area contributed by atoms with Gasteiger partial charge in [-0.3, -0.25) is 0 Å². The van der Waals surface area contributed by atoms with Gasteiger partial charge in [0.15, 0.2) is 11.5 Å². The molecule has 0 aliphatic carbocycles. The number of halogens is 2. The second-order valence-corrected chi connectivity index (χ2v) is 5.55. The number of hydrogen-bond acceptors (Lipinski definition) is 8. The molecule has 0 aliphatic rings. The van der Waals surface area contributed by atoms with E-state index in [1.807, 2.05) is 13.8 Å². The smallest absolute Gasteiger partial charge is 0.262 e. The van der Waals surface area contributed by atoms with E-state index in [-0.39, 0.29) is 11.8 Å². The van der Waals surface area contributed by atoms with Gasteiger partial charge in [-0.1, -0.05) is 19.1 Å². The fourth-order valence-electron chi connectivity index (χ4n) is 2.21. The van der Waals surface area contributed by atoms with Crippen molar-refractivity contribution in [1.82, 2.24) is 45.1 Å². The zero-order valence-corrected chi connectivity index (χ0v) is 15.4. The van der Waals surface area contributed by atoms with Crippen molar-refractivity contribution in [3.63, 3.8) is 0 Å². The van der Waals surface area contributed by atoms with Crippen LogP contribution in [0.2, 0.25) is 0 Å². The first-order valence-electron chi connectivity index (χ1n) is 8.53. The van der Waals surface area contributed by atoms with Gasteiger partial charge in [-0.05, 0) is 12.1 Å². The highest BCUT2D eigenvalue weighted by atomic mass is 19.3. The summed E-state index contributed by atoms with van der Waals surface area (Å²) in [5.74, 6) is -2.57. The lowest BCUT2D eigenvalue weighted by atomic mass is 10.3. The maximum Gasteiger partial charge on any atom is 0.262 e. The van der Waals surface area contributed by atoms with Crippen molar-refractivity contribution in [2.24, 2.45) is 0 Å². The minimum atomic E-state index is -2.90. The number of aromatic amines is 1. The topological polar surface area (TPSA) is 123 Å². The van der Waals surface area contributed by atoms with E-state index in [1.54, 1.807) is 24.5 Å². The van der Waals surface area contributed by atoms with E-state index in [9.17, 15) is 8.78 Å². The van der Waals surface area contributed by atoms with Crippen LogP contribution in [0.3, 0.4) is 0 Å². The minimum Gasteiger partial charge on any atom is -0.362 e. The highest BCUT2D eigenvalue weighted by Crippen LogP contribution is 2.21. The molecule has 0 unspecified atom stereocenters. The highest BCUT2D eigenvalue weighted by molar-refractivity contribution is 5.83. The number of anilines is 1. The molecule has 4 heterocycles. The number of hydrogen-bond donors (Lipinski definition) is 2. The molecule has 4 rings (SSSR count). The molecule has 12 heteroatoms. The van der Waals surface area contributed by atoms with Crippen molar-refractivity contribution >= 4 is 17.0 Å². The molecule has 0 fully saturated rings. The Hall–Kier alpha value is -3.57. The van der Waals surface area contributed by atoms with Gasteiger partial charge in [0.25, 0.3) is 11.9 Å². The third-order valence-electron chi connectivity index (χ3n) is 3.37. The predicted molar refractivity (Wildman–Crippen MR) is 98.1 cm³/mol. The fourth-order valence-corrected chi connectivity index (χ4v) is 2.21. The van der Waals surface area contributed by atoms with E-state index >= 15 is 0 Å². The number of rotatable bonds is 5. The molecule has 2 N–H and O–H groups in total. The van der Waals surface area contributed by atoms with Crippen LogP contribution in [-0.2, 0) is 0 Å². The Bertz CT molecular complexity index is 1040. The van der Waals surface area contributed by atoms with E-state index in [1.165, 1.54) is 11.0 Å². The number of nitrogens with one attached hydrogen (secondary N) is 2. The van der Waals surface area contributed by atoms with Crippen LogP contribution in [0.15, 0.2) is 30.9 Å². The van der Waals surface area contributed by atoms with E-state index in [2.05, 4.69) is 45.8 Å². The van der Waals surface area contributed by atoms with Crippen molar-refractivity contribution in [3.05, 3.63) is 30.9 Å². The molecule has 28 heavy (non-hydrogen) atoms. The number of H-pyrrole nitrogens is 1. The summed E-state index contributed by atoms with van der Waals surface area (Å²) in [6, 6.07) is 3.45. The van der Waals surface area contributed by atoms with E-state index in [0.717, 1.165) is 6.92 Å². The van der Waals surface area contributed by atoms with Crippen LogP contribution in [0.4, 0.5) is 14.6 Å². The Morgan fingerprint density at radius 2 is 2.00 bits per heavy atom. The van der Waals surface area contributed by atoms with Crippen molar-refractivity contribution in [3.8, 4) is 17.3 Å². The molecule has 146 valence electrons. The van der Waals surface area contributed by atoms with Crippen LogP contribution < -0.4 is 5.32 Å². The molecular formula is C16H18F2N10. The summed E-state index contributed by atoms with van der Waals surface area (Å²) in [5.41, 5.74) is 1.74. The number of alkyl halides is 2. The van der Waals surface area contributed by atoms with Gasteiger partial charge in [0, 0.05) is 13.1 Å². The molecule has 0 atom stereocenters. The lowest BCUT2D eigenvalue weighted by molar-refractivity contribution is 0.0367. The van der Waals surface area contributed by atoms with Crippen LogP contribution in [0.5, 0.6) is 0 Å². The molecule has 4 aromatic heterocycles. The zero-order chi connectivity index (χ0) is 20.1. The Kier molecular flexibility index (Phi) is 5.47. The normalized spacial score (nSPS) is 11.2. The summed E-state index contributed by atoms with van der Waals surface area (Å²) < 4.78 is 27.7. The third kappa shape index (κ3) is 4.22. The molecule has 0 spiro atoms. The largest absolute Gasteiger partial charge is 0.362 e. The molecule has 0 radical (unpaired) electrons. The highest BCUT2D eigenvalue weighted by Gasteiger charge is 2.22. The van der Waals surface area contributed by atoms with Crippen molar-refractivity contribution in [1.29, 1.82) is 0 Å². The van der Waals surface area contributed by atoms with Crippen molar-refractivity contribution < 1.29 is 8.78 Å². The summed E-state index contributed by atoms with van der Waals surface area (Å²) in [4.78, 5) is 15.4. The van der Waals surface area contributed by atoms with E-state index in [0.29, 0.717) is 22.6 Å². The number of fused-ring (bicyclic) bond motifs is 1. The molecule has 0 aromatic carbocycles. The van der Waals surface area contributed by atoms with Crippen LogP contribution in [0.1, 0.15) is 20.8 Å². The first-order chi connectivity index (χ1) is 13.5.